The highest BCUT2D eigenvalue weighted by Gasteiger charge is 2.35. The zero-order chi connectivity index (χ0) is 16.0. The molecule has 1 aromatic heterocycles. The molecule has 3 N–H and O–H groups in total. The molecule has 2 aliphatic rings. The fourth-order valence-corrected chi connectivity index (χ4v) is 3.66. The predicted octanol–water partition coefficient (Wildman–Crippen LogP) is 3.94. The first kappa shape index (κ1) is 14.3. The van der Waals surface area contributed by atoms with Crippen LogP contribution in [0.4, 0.5) is 10.1 Å². The van der Waals surface area contributed by atoms with Crippen LogP contribution in [0, 0.1) is 17.7 Å². The zero-order valence-electron chi connectivity index (χ0n) is 12.2. The summed E-state index contributed by atoms with van der Waals surface area (Å²) < 4.78 is 13.4. The first-order valence-corrected chi connectivity index (χ1v) is 7.92. The number of rotatable bonds is 2. The SMILES string of the molecule is Oc1[nH]c2ccc(F)cc2c1N=NC(=S)N[C@@H]1C[C@@H]2C=C[C@@H]1C2. The molecule has 0 spiro atoms. The number of benzene rings is 1. The highest BCUT2D eigenvalue weighted by Crippen LogP contribution is 2.39. The third kappa shape index (κ3) is 2.61. The lowest BCUT2D eigenvalue weighted by atomic mass is 10.0. The molecule has 118 valence electrons. The number of thiocarbonyl (C=S) groups is 1. The minimum absolute atomic E-state index is 0.153. The topological polar surface area (TPSA) is 72.8 Å². The fourth-order valence-electron chi connectivity index (χ4n) is 3.47. The van der Waals surface area contributed by atoms with Gasteiger partial charge in [0.1, 0.15) is 5.82 Å². The Morgan fingerprint density at radius 3 is 2.96 bits per heavy atom. The van der Waals surface area contributed by atoms with Gasteiger partial charge >= 0.3 is 0 Å². The second-order valence-corrected chi connectivity index (χ2v) is 6.44. The van der Waals surface area contributed by atoms with Crippen LogP contribution in [-0.4, -0.2) is 21.2 Å². The smallest absolute Gasteiger partial charge is 0.218 e. The van der Waals surface area contributed by atoms with Crippen LogP contribution < -0.4 is 5.32 Å². The van der Waals surface area contributed by atoms with E-state index in [9.17, 15) is 9.50 Å². The third-order valence-corrected chi connectivity index (χ3v) is 4.74. The molecule has 0 saturated heterocycles. The first-order valence-electron chi connectivity index (χ1n) is 7.51. The number of hydrogen-bond acceptors (Lipinski definition) is 3. The highest BCUT2D eigenvalue weighted by atomic mass is 32.1. The number of aromatic amines is 1. The summed E-state index contributed by atoms with van der Waals surface area (Å²) in [7, 11) is 0. The van der Waals surface area contributed by atoms with Crippen molar-refractivity contribution in [3.63, 3.8) is 0 Å². The molecule has 7 heteroatoms. The van der Waals surface area contributed by atoms with E-state index in [1.807, 2.05) is 0 Å². The van der Waals surface area contributed by atoms with Crippen LogP contribution in [0.25, 0.3) is 10.9 Å². The minimum Gasteiger partial charge on any atom is -0.493 e. The molecule has 2 aromatic rings. The quantitative estimate of drug-likeness (QED) is 0.444. The summed E-state index contributed by atoms with van der Waals surface area (Å²) in [6.45, 7) is 0. The van der Waals surface area contributed by atoms with E-state index in [0.717, 1.165) is 6.42 Å². The Labute approximate surface area is 137 Å². The molecule has 1 saturated carbocycles. The third-order valence-electron chi connectivity index (χ3n) is 4.54. The molecule has 1 heterocycles. The maximum atomic E-state index is 13.4. The predicted molar refractivity (Wildman–Crippen MR) is 89.3 cm³/mol. The number of fused-ring (bicyclic) bond motifs is 3. The second-order valence-electron chi connectivity index (χ2n) is 6.05. The summed E-state index contributed by atoms with van der Waals surface area (Å²) in [6, 6.07) is 4.46. The summed E-state index contributed by atoms with van der Waals surface area (Å²) in [5.41, 5.74) is 0.784. The van der Waals surface area contributed by atoms with Crippen molar-refractivity contribution in [2.75, 3.05) is 0 Å². The van der Waals surface area contributed by atoms with Gasteiger partial charge in [0.25, 0.3) is 0 Å². The lowest BCUT2D eigenvalue weighted by molar-refractivity contribution is 0.459. The lowest BCUT2D eigenvalue weighted by Crippen LogP contribution is -2.35. The van der Waals surface area contributed by atoms with Gasteiger partial charge in [-0.1, -0.05) is 12.2 Å². The molecule has 2 bridgehead atoms. The van der Waals surface area contributed by atoms with Crippen LogP contribution in [0.1, 0.15) is 12.8 Å². The number of hydrogen-bond donors (Lipinski definition) is 3. The van der Waals surface area contributed by atoms with Gasteiger partial charge < -0.3 is 15.4 Å². The van der Waals surface area contributed by atoms with Gasteiger partial charge in [-0.25, -0.2) is 4.39 Å². The average Bonchev–Trinajstić information content (AvgIpc) is 3.19. The van der Waals surface area contributed by atoms with E-state index in [4.69, 9.17) is 12.2 Å². The second kappa shape index (κ2) is 5.42. The summed E-state index contributed by atoms with van der Waals surface area (Å²) >= 11 is 5.21. The van der Waals surface area contributed by atoms with Crippen molar-refractivity contribution in [2.24, 2.45) is 22.1 Å². The zero-order valence-corrected chi connectivity index (χ0v) is 13.0. The number of aromatic hydroxyl groups is 1. The molecular formula is C16H15FN4OS. The van der Waals surface area contributed by atoms with Crippen LogP contribution in [0.15, 0.2) is 40.6 Å². The molecule has 0 unspecified atom stereocenters. The van der Waals surface area contributed by atoms with Crippen LogP contribution in [0.5, 0.6) is 5.88 Å². The Morgan fingerprint density at radius 1 is 1.35 bits per heavy atom. The molecule has 1 fully saturated rings. The largest absolute Gasteiger partial charge is 0.493 e. The van der Waals surface area contributed by atoms with Gasteiger partial charge in [-0.2, -0.15) is 0 Å². The van der Waals surface area contributed by atoms with Gasteiger partial charge in [-0.05, 0) is 55.1 Å². The number of azo groups is 1. The van der Waals surface area contributed by atoms with E-state index < -0.39 is 5.82 Å². The monoisotopic (exact) mass is 330 g/mol. The molecule has 5 nitrogen and oxygen atoms in total. The summed E-state index contributed by atoms with van der Waals surface area (Å²) in [6.07, 6.45) is 6.70. The Kier molecular flexibility index (Phi) is 3.37. The normalized spacial score (nSPS) is 25.7. The molecule has 0 radical (unpaired) electrons. The van der Waals surface area contributed by atoms with Gasteiger partial charge in [0, 0.05) is 11.4 Å². The van der Waals surface area contributed by atoms with E-state index in [0.29, 0.717) is 28.8 Å². The van der Waals surface area contributed by atoms with Gasteiger partial charge in [-0.15, -0.1) is 10.2 Å². The number of nitrogens with one attached hydrogen (secondary N) is 2. The number of nitrogens with zero attached hydrogens (tertiary/aromatic N) is 2. The van der Waals surface area contributed by atoms with Crippen LogP contribution in [0.2, 0.25) is 0 Å². The van der Waals surface area contributed by atoms with Crippen molar-refractivity contribution in [1.82, 2.24) is 10.3 Å². The fraction of sp³-hybridized carbons (Fsp3) is 0.312. The molecule has 0 aliphatic heterocycles. The van der Waals surface area contributed by atoms with E-state index in [1.54, 1.807) is 6.07 Å². The molecule has 23 heavy (non-hydrogen) atoms. The Bertz CT molecular complexity index is 844. The average molecular weight is 330 g/mol. The number of allylic oxidation sites excluding steroid dienone is 1. The van der Waals surface area contributed by atoms with Gasteiger partial charge in [0.2, 0.25) is 11.0 Å². The number of H-pyrrole nitrogens is 1. The molecular weight excluding hydrogens is 315 g/mol. The molecule has 0 amide bonds. The van der Waals surface area contributed by atoms with Gasteiger partial charge in [0.05, 0.1) is 5.52 Å². The summed E-state index contributed by atoms with van der Waals surface area (Å²) in [5, 5.41) is 21.8. The molecule has 1 aromatic carbocycles. The van der Waals surface area contributed by atoms with Crippen molar-refractivity contribution in [2.45, 2.75) is 18.9 Å². The first-order chi connectivity index (χ1) is 11.1. The Balaban J connectivity index is 1.52. The maximum Gasteiger partial charge on any atom is 0.218 e. The van der Waals surface area contributed by atoms with E-state index >= 15 is 0 Å². The van der Waals surface area contributed by atoms with Crippen LogP contribution in [0.3, 0.4) is 0 Å². The van der Waals surface area contributed by atoms with Gasteiger partial charge in [0.15, 0.2) is 5.69 Å². The lowest BCUT2D eigenvalue weighted by Gasteiger charge is -2.19. The molecule has 4 rings (SSSR count). The van der Waals surface area contributed by atoms with Crippen LogP contribution in [-0.2, 0) is 0 Å². The maximum absolute atomic E-state index is 13.4. The summed E-state index contributed by atoms with van der Waals surface area (Å²) in [5.74, 6) is 0.587. The number of halogens is 1. The molecule has 3 atom stereocenters. The highest BCUT2D eigenvalue weighted by molar-refractivity contribution is 7.80. The Hall–Kier alpha value is -2.28. The molecule has 2 aliphatic carbocycles. The number of aromatic nitrogens is 1. The van der Waals surface area contributed by atoms with Crippen molar-refractivity contribution in [3.05, 3.63) is 36.2 Å². The van der Waals surface area contributed by atoms with Crippen molar-refractivity contribution in [1.29, 1.82) is 0 Å². The summed E-state index contributed by atoms with van der Waals surface area (Å²) in [4.78, 5) is 2.74. The minimum atomic E-state index is -0.401. The standard InChI is InChI=1S/C16H15FN4OS/c17-10-3-4-12-11(7-10)14(15(22)18-12)20-21-16(23)19-13-6-8-1-2-9(13)5-8/h1-4,7-9,13,18,22H,5-6H2,(H,19,23)/t8-,9-,13-/m1/s1. The van der Waals surface area contributed by atoms with Gasteiger partial charge in [-0.3, -0.25) is 0 Å². The van der Waals surface area contributed by atoms with Crippen molar-refractivity contribution in [3.8, 4) is 5.88 Å². The van der Waals surface area contributed by atoms with E-state index in [-0.39, 0.29) is 16.7 Å². The van der Waals surface area contributed by atoms with Crippen molar-refractivity contribution >= 4 is 33.9 Å². The van der Waals surface area contributed by atoms with E-state index in [1.165, 1.54) is 18.6 Å². The van der Waals surface area contributed by atoms with Crippen molar-refractivity contribution < 1.29 is 9.50 Å². The Morgan fingerprint density at radius 2 is 2.22 bits per heavy atom. The van der Waals surface area contributed by atoms with E-state index in [2.05, 4.69) is 32.7 Å². The van der Waals surface area contributed by atoms with Crippen LogP contribution >= 0.6 is 12.2 Å².